The summed E-state index contributed by atoms with van der Waals surface area (Å²) in [6, 6.07) is 22.5. The smallest absolute Gasteiger partial charge is 0.417 e. The highest BCUT2D eigenvalue weighted by Crippen LogP contribution is 2.40. The van der Waals surface area contributed by atoms with Crippen molar-refractivity contribution in [2.24, 2.45) is 5.92 Å². The lowest BCUT2D eigenvalue weighted by atomic mass is 10.0. The van der Waals surface area contributed by atoms with Gasteiger partial charge in [0.2, 0.25) is 11.8 Å². The van der Waals surface area contributed by atoms with Crippen LogP contribution in [-0.2, 0) is 43.1 Å². The Hall–Kier alpha value is -6.96. The molecule has 0 saturated carbocycles. The maximum absolute atomic E-state index is 14.3. The Labute approximate surface area is 441 Å². The summed E-state index contributed by atoms with van der Waals surface area (Å²) in [6.45, 7) is 10.6. The number of aliphatic hydroxyl groups excluding tert-OH is 1. The van der Waals surface area contributed by atoms with Crippen LogP contribution in [0.1, 0.15) is 72.4 Å². The second-order valence-electron chi connectivity index (χ2n) is 19.1. The maximum Gasteiger partial charge on any atom is 0.417 e. The number of thiazole rings is 1. The SMILES string of the molecule is Cc1ncsc1-c1ccc(CNC(=O)[C@@H]2C[C@H](O)CN2C(=O)[C@H](C(C)C)N2Cc3ccccc3C2=O)c(OCCOCCOCCOc2ccc(N3C(=S)N(c4ccc(C#N)c(C(F)(F)F)c4)C(=O)C3(C)C)cc2)c1. The number of hydrogen-bond donors (Lipinski definition) is 2. The molecule has 3 aliphatic heterocycles. The molecule has 75 heavy (non-hydrogen) atoms. The number of nitrogens with zero attached hydrogens (tertiary/aromatic N) is 6. The van der Waals surface area contributed by atoms with Gasteiger partial charge in [0.05, 0.1) is 71.5 Å². The molecule has 21 heteroatoms. The van der Waals surface area contributed by atoms with E-state index in [-0.39, 0.29) is 94.2 Å². The molecule has 0 aliphatic carbocycles. The molecule has 2 N–H and O–H groups in total. The highest BCUT2D eigenvalue weighted by atomic mass is 32.1. The zero-order valence-electron chi connectivity index (χ0n) is 41.9. The average Bonchev–Trinajstić information content (AvgIpc) is 4.14. The second kappa shape index (κ2) is 22.9. The number of nitrogens with one attached hydrogen (secondary N) is 1. The quantitative estimate of drug-likeness (QED) is 0.0572. The second-order valence-corrected chi connectivity index (χ2v) is 20.3. The van der Waals surface area contributed by atoms with E-state index in [1.807, 2.05) is 51.1 Å². The molecule has 2 fully saturated rings. The van der Waals surface area contributed by atoms with Crippen molar-refractivity contribution in [2.45, 2.75) is 84.0 Å². The first-order valence-electron chi connectivity index (χ1n) is 24.3. The van der Waals surface area contributed by atoms with Crippen LogP contribution in [0.4, 0.5) is 24.5 Å². The highest BCUT2D eigenvalue weighted by Gasteiger charge is 2.51. The van der Waals surface area contributed by atoms with Crippen LogP contribution in [0.3, 0.4) is 0 Å². The number of aromatic nitrogens is 1. The summed E-state index contributed by atoms with van der Waals surface area (Å²) in [5.41, 5.74) is 3.04. The van der Waals surface area contributed by atoms with Gasteiger partial charge in [0.15, 0.2) is 5.11 Å². The Morgan fingerprint density at radius 2 is 1.63 bits per heavy atom. The van der Waals surface area contributed by atoms with Crippen LogP contribution in [0.2, 0.25) is 0 Å². The molecule has 5 aromatic rings. The lowest BCUT2D eigenvalue weighted by Gasteiger charge is -2.35. The number of halogens is 3. The van der Waals surface area contributed by atoms with Gasteiger partial charge in [0, 0.05) is 42.9 Å². The minimum absolute atomic E-state index is 0.0206. The van der Waals surface area contributed by atoms with Crippen molar-refractivity contribution in [3.63, 3.8) is 0 Å². The molecule has 0 radical (unpaired) electrons. The van der Waals surface area contributed by atoms with Gasteiger partial charge < -0.3 is 44.1 Å². The summed E-state index contributed by atoms with van der Waals surface area (Å²) in [4.78, 5) is 66.1. The third kappa shape index (κ3) is 11.6. The molecule has 2 saturated heterocycles. The fourth-order valence-electron chi connectivity index (χ4n) is 9.51. The molecule has 4 heterocycles. The number of benzene rings is 4. The number of thiocarbonyl (C=S) groups is 1. The molecule has 1 aromatic heterocycles. The van der Waals surface area contributed by atoms with E-state index in [4.69, 9.17) is 31.2 Å². The van der Waals surface area contributed by atoms with Crippen molar-refractivity contribution < 1.29 is 56.4 Å². The van der Waals surface area contributed by atoms with Gasteiger partial charge in [-0.25, -0.2) is 4.98 Å². The molecular formula is C54H56F3N7O9S2. The van der Waals surface area contributed by atoms with Crippen molar-refractivity contribution in [1.82, 2.24) is 20.1 Å². The van der Waals surface area contributed by atoms with Gasteiger partial charge in [-0.1, -0.05) is 44.2 Å². The van der Waals surface area contributed by atoms with E-state index in [0.717, 1.165) is 38.7 Å². The van der Waals surface area contributed by atoms with Gasteiger partial charge in [-0.3, -0.25) is 24.1 Å². The first-order chi connectivity index (χ1) is 35.8. The zero-order valence-corrected chi connectivity index (χ0v) is 43.5. The number of rotatable bonds is 20. The van der Waals surface area contributed by atoms with Crippen molar-refractivity contribution in [3.05, 3.63) is 124 Å². The Kier molecular flexibility index (Phi) is 16.6. The minimum atomic E-state index is -4.81. The molecule has 16 nitrogen and oxygen atoms in total. The standard InChI is InChI=1S/C54H56F3N7O9S2/c1-32(2)46(62-29-37-8-6-7-9-42(37)49(62)67)50(68)61-30-40(65)26-44(61)48(66)59-28-36-11-10-34(47-33(3)60-31-75-47)24-45(36)73-23-21-71-19-18-70-20-22-72-41-16-14-38(15-17-41)64-52(74)63(51(69)53(64,4)5)39-13-12-35(27-58)43(25-39)54(55,56)57/h6-17,24-25,31-32,40,44,46,65H,18-23,26,28-30H2,1-5H3,(H,59,66)/t40-,44-,46-/m0/s1. The van der Waals surface area contributed by atoms with Crippen LogP contribution < -0.4 is 24.6 Å². The molecule has 4 aromatic carbocycles. The third-order valence-corrected chi connectivity index (χ3v) is 14.6. The van der Waals surface area contributed by atoms with Gasteiger partial charge >= 0.3 is 6.18 Å². The molecule has 0 bridgehead atoms. The minimum Gasteiger partial charge on any atom is -0.491 e. The number of β-amino-alcohol motifs (C(OH)–C–C–N with tert-alkyl or cyclic N) is 1. The van der Waals surface area contributed by atoms with Crippen LogP contribution in [0.5, 0.6) is 11.5 Å². The maximum atomic E-state index is 14.3. The number of nitriles is 1. The zero-order chi connectivity index (χ0) is 53.8. The number of anilines is 2. The first kappa shape index (κ1) is 54.3. The average molecular weight is 1070 g/mol. The Morgan fingerprint density at radius 1 is 0.947 bits per heavy atom. The van der Waals surface area contributed by atoms with Crippen molar-refractivity contribution in [1.29, 1.82) is 5.26 Å². The van der Waals surface area contributed by atoms with E-state index in [1.54, 1.807) is 71.6 Å². The number of carbonyl (C=O) groups is 4. The van der Waals surface area contributed by atoms with Gasteiger partial charge in [-0.05, 0) is 105 Å². The number of fused-ring (bicyclic) bond motifs is 1. The fourth-order valence-corrected chi connectivity index (χ4v) is 10.8. The monoisotopic (exact) mass is 1070 g/mol. The Balaban J connectivity index is 0.797. The summed E-state index contributed by atoms with van der Waals surface area (Å²) in [5, 5.41) is 22.9. The molecule has 8 rings (SSSR count). The molecular weight excluding hydrogens is 1010 g/mol. The summed E-state index contributed by atoms with van der Waals surface area (Å²) in [6.07, 6.45) is -5.67. The number of carbonyl (C=O) groups excluding carboxylic acids is 4. The van der Waals surface area contributed by atoms with Crippen molar-refractivity contribution in [2.75, 3.05) is 56.0 Å². The van der Waals surface area contributed by atoms with Gasteiger partial charge in [-0.2, -0.15) is 18.4 Å². The van der Waals surface area contributed by atoms with E-state index in [1.165, 1.54) is 22.3 Å². The van der Waals surface area contributed by atoms with Crippen LogP contribution >= 0.6 is 23.6 Å². The number of likely N-dealkylation sites (tertiary alicyclic amines) is 1. The van der Waals surface area contributed by atoms with Crippen molar-refractivity contribution >= 4 is 63.7 Å². The van der Waals surface area contributed by atoms with E-state index in [9.17, 15) is 42.7 Å². The molecule has 3 atom stereocenters. The molecule has 4 amide bonds. The molecule has 394 valence electrons. The number of hydrogen-bond acceptors (Lipinski definition) is 13. The number of alkyl halides is 3. The molecule has 0 unspecified atom stereocenters. The number of aliphatic hydroxyl groups is 1. The summed E-state index contributed by atoms with van der Waals surface area (Å²) >= 11 is 7.13. The van der Waals surface area contributed by atoms with Crippen LogP contribution in [0, 0.1) is 24.2 Å². The topological polar surface area (TPSA) is 187 Å². The van der Waals surface area contributed by atoms with E-state index < -0.39 is 52.8 Å². The highest BCUT2D eigenvalue weighted by molar-refractivity contribution is 7.81. The van der Waals surface area contributed by atoms with Gasteiger partial charge in [0.25, 0.3) is 11.8 Å². The Morgan fingerprint density at radius 3 is 2.28 bits per heavy atom. The molecule has 3 aliphatic rings. The fraction of sp³-hybridized carbons (Fsp3) is 0.389. The summed E-state index contributed by atoms with van der Waals surface area (Å²) < 4.78 is 64.9. The third-order valence-electron chi connectivity index (χ3n) is 13.3. The van der Waals surface area contributed by atoms with E-state index in [0.29, 0.717) is 28.3 Å². The van der Waals surface area contributed by atoms with E-state index in [2.05, 4.69) is 10.3 Å². The van der Waals surface area contributed by atoms with Crippen LogP contribution in [-0.4, -0.2) is 119 Å². The Bertz CT molecular complexity index is 3000. The predicted octanol–water partition coefficient (Wildman–Crippen LogP) is 7.68. The first-order valence-corrected chi connectivity index (χ1v) is 25.6. The van der Waals surface area contributed by atoms with Gasteiger partial charge in [0.1, 0.15) is 42.3 Å². The lowest BCUT2D eigenvalue weighted by Crippen LogP contribution is -2.55. The molecule has 0 spiro atoms. The van der Waals surface area contributed by atoms with Crippen LogP contribution in [0.25, 0.3) is 10.4 Å². The van der Waals surface area contributed by atoms with Gasteiger partial charge in [-0.15, -0.1) is 11.3 Å². The number of amides is 4. The predicted molar refractivity (Wildman–Crippen MR) is 277 cm³/mol. The summed E-state index contributed by atoms with van der Waals surface area (Å²) in [7, 11) is 0. The normalized spacial score (nSPS) is 17.7. The lowest BCUT2D eigenvalue weighted by molar-refractivity contribution is -0.143. The largest absolute Gasteiger partial charge is 0.491 e. The number of aryl methyl sites for hydroxylation is 1. The summed E-state index contributed by atoms with van der Waals surface area (Å²) in [5.74, 6) is -0.821. The van der Waals surface area contributed by atoms with Crippen molar-refractivity contribution in [3.8, 4) is 28.0 Å². The van der Waals surface area contributed by atoms with Crippen LogP contribution in [0.15, 0.2) is 90.4 Å². The number of ether oxygens (including phenoxy) is 4. The van der Waals surface area contributed by atoms with E-state index >= 15 is 0 Å².